The van der Waals surface area contributed by atoms with E-state index in [1.54, 1.807) is 0 Å². The van der Waals surface area contributed by atoms with E-state index in [0.717, 1.165) is 13.1 Å². The zero-order valence-corrected chi connectivity index (χ0v) is 15.8. The molecule has 2 rings (SSSR count). The quantitative estimate of drug-likeness (QED) is 0.496. The van der Waals surface area contributed by atoms with Crippen molar-refractivity contribution in [3.05, 3.63) is 29.3 Å². The Labute approximate surface area is 162 Å². The molecule has 1 aliphatic rings. The molecule has 0 atom stereocenters. The lowest BCUT2D eigenvalue weighted by atomic mass is 10.1. The third-order valence-corrected chi connectivity index (χ3v) is 4.12. The lowest BCUT2D eigenvalue weighted by Gasteiger charge is -2.26. The number of ether oxygens (including phenoxy) is 3. The number of hydrogen-bond donors (Lipinski definition) is 2. The van der Waals surface area contributed by atoms with Gasteiger partial charge in [0.1, 0.15) is 0 Å². The molecule has 0 saturated carbocycles. The van der Waals surface area contributed by atoms with Gasteiger partial charge >= 0.3 is 23.8 Å². The maximum absolute atomic E-state index is 12.2. The number of methoxy groups -OCH3 is 2. The highest BCUT2D eigenvalue weighted by Gasteiger charge is 2.20. The van der Waals surface area contributed by atoms with Crippen molar-refractivity contribution in [2.45, 2.75) is 0 Å². The second-order valence-corrected chi connectivity index (χ2v) is 5.91. The predicted molar refractivity (Wildman–Crippen MR) is 98.0 cm³/mol. The molecule has 2 amide bonds. The third-order valence-electron chi connectivity index (χ3n) is 4.12. The van der Waals surface area contributed by atoms with Crippen LogP contribution < -0.4 is 10.6 Å². The van der Waals surface area contributed by atoms with E-state index in [0.29, 0.717) is 19.8 Å². The fourth-order valence-corrected chi connectivity index (χ4v) is 2.59. The molecule has 2 N–H and O–H groups in total. The fourth-order valence-electron chi connectivity index (χ4n) is 2.59. The Balaban J connectivity index is 2.00. The van der Waals surface area contributed by atoms with E-state index >= 15 is 0 Å². The molecule has 0 bridgehead atoms. The lowest BCUT2D eigenvalue weighted by molar-refractivity contribution is -0.136. The van der Waals surface area contributed by atoms with Crippen LogP contribution in [0, 0.1) is 0 Å². The van der Waals surface area contributed by atoms with Crippen molar-refractivity contribution in [3.63, 3.8) is 0 Å². The number of morpholine rings is 1. The van der Waals surface area contributed by atoms with E-state index in [1.807, 2.05) is 0 Å². The smallest absolute Gasteiger partial charge is 0.339 e. The Morgan fingerprint density at radius 3 is 2.36 bits per heavy atom. The Hall–Kier alpha value is -2.98. The van der Waals surface area contributed by atoms with Gasteiger partial charge in [-0.1, -0.05) is 0 Å². The zero-order chi connectivity index (χ0) is 20.5. The number of benzene rings is 1. The Morgan fingerprint density at radius 2 is 1.71 bits per heavy atom. The molecule has 28 heavy (non-hydrogen) atoms. The van der Waals surface area contributed by atoms with E-state index in [1.165, 1.54) is 32.4 Å². The number of nitrogens with one attached hydrogen (secondary N) is 2. The number of carbonyl (C=O) groups excluding carboxylic acids is 4. The standard InChI is InChI=1S/C18H23N3O7/c1-26-17(24)12-3-4-13(18(25)27-2)14(11-12)20-16(23)15(22)19-5-6-21-7-9-28-10-8-21/h3-4,11H,5-10H2,1-2H3,(H,19,22)(H,20,23). The first kappa shape index (κ1) is 21.3. The second-order valence-electron chi connectivity index (χ2n) is 5.91. The monoisotopic (exact) mass is 393 g/mol. The molecule has 1 saturated heterocycles. The van der Waals surface area contributed by atoms with Gasteiger partial charge in [0.15, 0.2) is 0 Å². The maximum atomic E-state index is 12.2. The minimum absolute atomic E-state index is 0.00428. The number of anilines is 1. The first-order valence-corrected chi connectivity index (χ1v) is 8.66. The predicted octanol–water partition coefficient (Wildman–Crippen LogP) is -0.353. The average molecular weight is 393 g/mol. The lowest BCUT2D eigenvalue weighted by Crippen LogP contribution is -2.43. The number of hydrogen-bond acceptors (Lipinski definition) is 8. The summed E-state index contributed by atoms with van der Waals surface area (Å²) in [7, 11) is 2.39. The molecular formula is C18H23N3O7. The Kier molecular flexibility index (Phi) is 7.90. The van der Waals surface area contributed by atoms with Crippen LogP contribution >= 0.6 is 0 Å². The molecule has 0 spiro atoms. The van der Waals surface area contributed by atoms with Crippen LogP contribution in [0.3, 0.4) is 0 Å². The summed E-state index contributed by atoms with van der Waals surface area (Å²) in [6, 6.07) is 3.91. The Morgan fingerprint density at radius 1 is 1.04 bits per heavy atom. The van der Waals surface area contributed by atoms with Gasteiger partial charge in [-0.05, 0) is 18.2 Å². The number of esters is 2. The molecule has 10 heteroatoms. The highest BCUT2D eigenvalue weighted by Crippen LogP contribution is 2.19. The number of nitrogens with zero attached hydrogens (tertiary/aromatic N) is 1. The molecule has 0 unspecified atom stereocenters. The average Bonchev–Trinajstić information content (AvgIpc) is 2.73. The normalized spacial score (nSPS) is 14.1. The van der Waals surface area contributed by atoms with E-state index in [4.69, 9.17) is 4.74 Å². The van der Waals surface area contributed by atoms with Gasteiger partial charge in [-0.2, -0.15) is 0 Å². The van der Waals surface area contributed by atoms with Gasteiger partial charge in [0.2, 0.25) is 0 Å². The van der Waals surface area contributed by atoms with Gasteiger partial charge in [0.05, 0.1) is 44.2 Å². The fraction of sp³-hybridized carbons (Fsp3) is 0.444. The topological polar surface area (TPSA) is 123 Å². The van der Waals surface area contributed by atoms with Crippen LogP contribution in [0.4, 0.5) is 5.69 Å². The molecule has 0 aromatic heterocycles. The van der Waals surface area contributed by atoms with E-state index < -0.39 is 23.8 Å². The van der Waals surface area contributed by atoms with Crippen LogP contribution in [0.15, 0.2) is 18.2 Å². The largest absolute Gasteiger partial charge is 0.465 e. The van der Waals surface area contributed by atoms with Gasteiger partial charge in [-0.15, -0.1) is 0 Å². The van der Waals surface area contributed by atoms with Crippen molar-refractivity contribution in [2.24, 2.45) is 0 Å². The second kappa shape index (κ2) is 10.4. The van der Waals surface area contributed by atoms with Crippen molar-refractivity contribution in [1.29, 1.82) is 0 Å². The van der Waals surface area contributed by atoms with Gasteiger partial charge in [0.25, 0.3) is 0 Å². The maximum Gasteiger partial charge on any atom is 0.339 e. The summed E-state index contributed by atoms with van der Waals surface area (Å²) in [5, 5.41) is 4.86. The highest BCUT2D eigenvalue weighted by atomic mass is 16.5. The molecule has 10 nitrogen and oxygen atoms in total. The van der Waals surface area contributed by atoms with Gasteiger partial charge < -0.3 is 24.8 Å². The minimum Gasteiger partial charge on any atom is -0.465 e. The van der Waals surface area contributed by atoms with Gasteiger partial charge in [-0.3, -0.25) is 14.5 Å². The highest BCUT2D eigenvalue weighted by molar-refractivity contribution is 6.40. The molecule has 152 valence electrons. The van der Waals surface area contributed by atoms with Crippen molar-refractivity contribution in [2.75, 3.05) is 58.9 Å². The summed E-state index contributed by atoms with van der Waals surface area (Å²) in [6.07, 6.45) is 0. The zero-order valence-electron chi connectivity index (χ0n) is 15.8. The van der Waals surface area contributed by atoms with E-state index in [2.05, 4.69) is 25.0 Å². The van der Waals surface area contributed by atoms with Crippen LogP contribution in [-0.2, 0) is 23.8 Å². The minimum atomic E-state index is -0.964. The van der Waals surface area contributed by atoms with Crippen LogP contribution in [-0.4, -0.2) is 82.3 Å². The molecule has 1 aliphatic heterocycles. The van der Waals surface area contributed by atoms with Crippen LogP contribution in [0.1, 0.15) is 20.7 Å². The van der Waals surface area contributed by atoms with Crippen LogP contribution in [0.5, 0.6) is 0 Å². The van der Waals surface area contributed by atoms with Crippen molar-refractivity contribution in [3.8, 4) is 0 Å². The van der Waals surface area contributed by atoms with E-state index in [-0.39, 0.29) is 23.4 Å². The SMILES string of the molecule is COC(=O)c1ccc(C(=O)OC)c(NC(=O)C(=O)NCCN2CCOCC2)c1. The van der Waals surface area contributed by atoms with Crippen LogP contribution in [0.2, 0.25) is 0 Å². The molecule has 0 radical (unpaired) electrons. The summed E-state index contributed by atoms with van der Waals surface area (Å²) in [4.78, 5) is 49.9. The first-order chi connectivity index (χ1) is 13.5. The van der Waals surface area contributed by atoms with E-state index in [9.17, 15) is 19.2 Å². The number of amides is 2. The summed E-state index contributed by atoms with van der Waals surface area (Å²) in [6.45, 7) is 3.70. The molecule has 1 aromatic rings. The first-order valence-electron chi connectivity index (χ1n) is 8.66. The summed E-state index contributed by atoms with van der Waals surface area (Å²) < 4.78 is 14.5. The summed E-state index contributed by atoms with van der Waals surface area (Å²) in [5.41, 5.74) is 0.0888. The summed E-state index contributed by atoms with van der Waals surface area (Å²) in [5.74, 6) is -3.19. The van der Waals surface area contributed by atoms with Crippen molar-refractivity contribution < 1.29 is 33.4 Å². The molecule has 1 aromatic carbocycles. The van der Waals surface area contributed by atoms with Crippen molar-refractivity contribution >= 4 is 29.4 Å². The van der Waals surface area contributed by atoms with Gasteiger partial charge in [-0.25, -0.2) is 9.59 Å². The number of carbonyl (C=O) groups is 4. The molecule has 1 fully saturated rings. The number of rotatable bonds is 6. The van der Waals surface area contributed by atoms with Crippen molar-refractivity contribution in [1.82, 2.24) is 10.2 Å². The van der Waals surface area contributed by atoms with Gasteiger partial charge in [0, 0.05) is 26.2 Å². The third kappa shape index (κ3) is 5.76. The van der Waals surface area contributed by atoms with Crippen LogP contribution in [0.25, 0.3) is 0 Å². The molecule has 0 aliphatic carbocycles. The molecule has 1 heterocycles. The Bertz CT molecular complexity index is 745. The molecular weight excluding hydrogens is 370 g/mol. The summed E-state index contributed by atoms with van der Waals surface area (Å²) >= 11 is 0.